The zero-order valence-electron chi connectivity index (χ0n) is 19.8. The SMILES string of the molecule is CCOC(=O)CCC=CC1=C[C@H]2C[C@@H](O)[C@@H](/C=C\[C@H](O)C[C@H](C)CCC=C(C)C)[C@H]2C1. The van der Waals surface area contributed by atoms with Crippen LogP contribution in [-0.2, 0) is 9.53 Å². The predicted molar refractivity (Wildman–Crippen MR) is 126 cm³/mol. The molecule has 0 aromatic heterocycles. The van der Waals surface area contributed by atoms with E-state index in [0.29, 0.717) is 37.2 Å². The average molecular weight is 431 g/mol. The van der Waals surface area contributed by atoms with Gasteiger partial charge in [-0.05, 0) is 77.0 Å². The summed E-state index contributed by atoms with van der Waals surface area (Å²) in [5.74, 6) is 1.22. The van der Waals surface area contributed by atoms with Crippen LogP contribution >= 0.6 is 0 Å². The molecule has 0 aromatic carbocycles. The van der Waals surface area contributed by atoms with E-state index in [9.17, 15) is 15.0 Å². The van der Waals surface area contributed by atoms with Crippen molar-refractivity contribution in [2.24, 2.45) is 23.7 Å². The number of esters is 1. The van der Waals surface area contributed by atoms with Gasteiger partial charge in [-0.2, -0.15) is 0 Å². The molecule has 0 unspecified atom stereocenters. The molecule has 2 aliphatic carbocycles. The Balaban J connectivity index is 1.80. The second kappa shape index (κ2) is 13.0. The lowest BCUT2D eigenvalue weighted by molar-refractivity contribution is -0.143. The van der Waals surface area contributed by atoms with E-state index in [1.807, 2.05) is 19.1 Å². The first kappa shape index (κ1) is 25.6. The summed E-state index contributed by atoms with van der Waals surface area (Å²) in [5.41, 5.74) is 2.63. The fraction of sp³-hybridized carbons (Fsp3) is 0.667. The lowest BCUT2D eigenvalue weighted by Gasteiger charge is -2.19. The van der Waals surface area contributed by atoms with Gasteiger partial charge in [-0.1, -0.05) is 54.5 Å². The quantitative estimate of drug-likeness (QED) is 0.316. The second-order valence-corrected chi connectivity index (χ2v) is 9.55. The highest BCUT2D eigenvalue weighted by Crippen LogP contribution is 2.47. The molecule has 0 amide bonds. The van der Waals surface area contributed by atoms with Gasteiger partial charge < -0.3 is 14.9 Å². The van der Waals surface area contributed by atoms with Crippen LogP contribution in [0.5, 0.6) is 0 Å². The summed E-state index contributed by atoms with van der Waals surface area (Å²) in [6, 6.07) is 0. The fourth-order valence-electron chi connectivity index (χ4n) is 4.86. The van der Waals surface area contributed by atoms with Crippen molar-refractivity contribution in [2.75, 3.05) is 6.61 Å². The van der Waals surface area contributed by atoms with Crippen molar-refractivity contribution in [3.05, 3.63) is 47.6 Å². The molecule has 1 saturated carbocycles. The van der Waals surface area contributed by atoms with E-state index >= 15 is 0 Å². The van der Waals surface area contributed by atoms with Gasteiger partial charge in [-0.15, -0.1) is 0 Å². The summed E-state index contributed by atoms with van der Waals surface area (Å²) >= 11 is 0. The maximum absolute atomic E-state index is 11.4. The van der Waals surface area contributed by atoms with Gasteiger partial charge in [0.05, 0.1) is 18.8 Å². The van der Waals surface area contributed by atoms with Crippen molar-refractivity contribution in [1.29, 1.82) is 0 Å². The summed E-state index contributed by atoms with van der Waals surface area (Å²) in [7, 11) is 0. The Morgan fingerprint density at radius 1 is 1.32 bits per heavy atom. The molecule has 4 heteroatoms. The van der Waals surface area contributed by atoms with Crippen molar-refractivity contribution >= 4 is 5.97 Å². The molecule has 1 fully saturated rings. The molecular weight excluding hydrogens is 388 g/mol. The highest BCUT2D eigenvalue weighted by atomic mass is 16.5. The molecular formula is C27H42O4. The first-order valence-corrected chi connectivity index (χ1v) is 12.0. The number of hydrogen-bond acceptors (Lipinski definition) is 4. The Kier molecular flexibility index (Phi) is 10.8. The maximum Gasteiger partial charge on any atom is 0.306 e. The van der Waals surface area contributed by atoms with Gasteiger partial charge in [0.1, 0.15) is 0 Å². The normalized spacial score (nSPS) is 27.4. The molecule has 0 spiro atoms. The summed E-state index contributed by atoms with van der Waals surface area (Å²) in [6.07, 6.45) is 17.6. The molecule has 4 nitrogen and oxygen atoms in total. The third-order valence-electron chi connectivity index (χ3n) is 6.47. The van der Waals surface area contributed by atoms with Crippen molar-refractivity contribution in [3.8, 4) is 0 Å². The average Bonchev–Trinajstić information content (AvgIpc) is 3.20. The van der Waals surface area contributed by atoms with Crippen LogP contribution in [0.3, 0.4) is 0 Å². The minimum absolute atomic E-state index is 0.0994. The zero-order valence-corrected chi connectivity index (χ0v) is 19.8. The number of carbonyl (C=O) groups excluding carboxylic acids is 1. The summed E-state index contributed by atoms with van der Waals surface area (Å²) in [5, 5.41) is 21.0. The predicted octanol–water partition coefficient (Wildman–Crippen LogP) is 5.52. The van der Waals surface area contributed by atoms with Crippen LogP contribution < -0.4 is 0 Å². The molecule has 174 valence electrons. The van der Waals surface area contributed by atoms with E-state index in [2.05, 4.69) is 45.1 Å². The maximum atomic E-state index is 11.4. The van der Waals surface area contributed by atoms with Crippen LogP contribution in [0.2, 0.25) is 0 Å². The smallest absolute Gasteiger partial charge is 0.306 e. The van der Waals surface area contributed by atoms with E-state index in [0.717, 1.165) is 32.1 Å². The molecule has 0 radical (unpaired) electrons. The molecule has 0 saturated heterocycles. The molecule has 0 heterocycles. The highest BCUT2D eigenvalue weighted by molar-refractivity contribution is 5.69. The van der Waals surface area contributed by atoms with Gasteiger partial charge in [0.15, 0.2) is 0 Å². The van der Waals surface area contributed by atoms with Gasteiger partial charge in [-0.25, -0.2) is 0 Å². The second-order valence-electron chi connectivity index (χ2n) is 9.55. The minimum atomic E-state index is -0.454. The fourth-order valence-corrected chi connectivity index (χ4v) is 4.86. The molecule has 2 N–H and O–H groups in total. The van der Waals surface area contributed by atoms with Crippen LogP contribution in [0, 0.1) is 23.7 Å². The van der Waals surface area contributed by atoms with Gasteiger partial charge in [0, 0.05) is 12.3 Å². The third-order valence-corrected chi connectivity index (χ3v) is 6.47. The van der Waals surface area contributed by atoms with Crippen molar-refractivity contribution in [2.45, 2.75) is 84.8 Å². The van der Waals surface area contributed by atoms with Crippen LogP contribution in [0.1, 0.15) is 72.6 Å². The zero-order chi connectivity index (χ0) is 22.8. The van der Waals surface area contributed by atoms with Gasteiger partial charge in [0.2, 0.25) is 0 Å². The van der Waals surface area contributed by atoms with Crippen molar-refractivity contribution in [1.82, 2.24) is 0 Å². The van der Waals surface area contributed by atoms with E-state index in [-0.39, 0.29) is 18.0 Å². The van der Waals surface area contributed by atoms with Crippen LogP contribution in [0.15, 0.2) is 47.6 Å². The van der Waals surface area contributed by atoms with Crippen molar-refractivity contribution < 1.29 is 19.7 Å². The topological polar surface area (TPSA) is 66.8 Å². The summed E-state index contributed by atoms with van der Waals surface area (Å²) in [6.45, 7) is 8.67. The molecule has 0 aliphatic heterocycles. The largest absolute Gasteiger partial charge is 0.466 e. The van der Waals surface area contributed by atoms with Crippen LogP contribution in [-0.4, -0.2) is 35.0 Å². The number of ether oxygens (including phenoxy) is 1. The van der Waals surface area contributed by atoms with E-state index < -0.39 is 6.10 Å². The summed E-state index contributed by atoms with van der Waals surface area (Å²) < 4.78 is 4.95. The number of carbonyl (C=O) groups is 1. The first-order valence-electron chi connectivity index (χ1n) is 12.0. The molecule has 6 atom stereocenters. The number of aliphatic hydroxyl groups is 2. The highest BCUT2D eigenvalue weighted by Gasteiger charge is 2.42. The molecule has 31 heavy (non-hydrogen) atoms. The Bertz CT molecular complexity index is 683. The van der Waals surface area contributed by atoms with Crippen LogP contribution in [0.4, 0.5) is 0 Å². The number of hydrogen-bond donors (Lipinski definition) is 2. The molecule has 2 rings (SSSR count). The first-order chi connectivity index (χ1) is 14.8. The Morgan fingerprint density at radius 3 is 2.81 bits per heavy atom. The van der Waals surface area contributed by atoms with E-state index in [1.165, 1.54) is 11.1 Å². The molecule has 2 aliphatic rings. The van der Waals surface area contributed by atoms with E-state index in [4.69, 9.17) is 4.74 Å². The van der Waals surface area contributed by atoms with Gasteiger partial charge in [0.25, 0.3) is 0 Å². The lowest BCUT2D eigenvalue weighted by Crippen LogP contribution is -2.18. The van der Waals surface area contributed by atoms with Crippen molar-refractivity contribution in [3.63, 3.8) is 0 Å². The van der Waals surface area contributed by atoms with Gasteiger partial charge in [-0.3, -0.25) is 4.79 Å². The number of allylic oxidation sites excluding steroid dienone is 6. The number of aliphatic hydroxyl groups excluding tert-OH is 2. The Labute approximate surface area is 188 Å². The number of rotatable bonds is 12. The van der Waals surface area contributed by atoms with Crippen LogP contribution in [0.25, 0.3) is 0 Å². The minimum Gasteiger partial charge on any atom is -0.466 e. The third kappa shape index (κ3) is 8.78. The number of fused-ring (bicyclic) bond motifs is 1. The molecule has 0 bridgehead atoms. The monoisotopic (exact) mass is 430 g/mol. The standard InChI is InChI=1S/C27H42O4/c1-5-31-27(30)12-7-6-11-21-16-22-18-26(29)24(25(22)17-21)14-13-23(28)15-20(4)10-8-9-19(2)3/h6,9,11,13-14,16,20,22-26,28-29H,5,7-8,10,12,15,17-18H2,1-4H3/b11-6?,14-13-/t20-,22+,23+,24+,25+,26-/m1/s1. The molecule has 0 aromatic rings. The van der Waals surface area contributed by atoms with Gasteiger partial charge >= 0.3 is 5.97 Å². The lowest BCUT2D eigenvalue weighted by atomic mass is 9.88. The summed E-state index contributed by atoms with van der Waals surface area (Å²) in [4.78, 5) is 11.4. The van der Waals surface area contributed by atoms with E-state index in [1.54, 1.807) is 0 Å². The Morgan fingerprint density at radius 2 is 2.10 bits per heavy atom. The Hall–Kier alpha value is -1.65.